The maximum absolute atomic E-state index is 12.1. The molecule has 0 spiro atoms. The molecule has 0 atom stereocenters. The number of carboxylic acid groups (broad SMARTS) is 1. The van der Waals surface area contributed by atoms with Gasteiger partial charge in [-0.3, -0.25) is 9.59 Å². The lowest BCUT2D eigenvalue weighted by molar-refractivity contribution is -0.149. The van der Waals surface area contributed by atoms with E-state index in [1.54, 1.807) is 30.3 Å². The predicted octanol–water partition coefficient (Wildman–Crippen LogP) is 3.12. The molecule has 1 saturated carbocycles. The minimum absolute atomic E-state index is 0.197. The van der Waals surface area contributed by atoms with Gasteiger partial charge in [-0.25, -0.2) is 4.79 Å². The van der Waals surface area contributed by atoms with E-state index in [-0.39, 0.29) is 12.6 Å². The van der Waals surface area contributed by atoms with Crippen molar-refractivity contribution in [2.45, 2.75) is 26.3 Å². The van der Waals surface area contributed by atoms with E-state index in [2.05, 4.69) is 16.0 Å². The molecule has 7 heteroatoms. The average Bonchev–Trinajstić information content (AvgIpc) is 3.42. The van der Waals surface area contributed by atoms with Crippen LogP contribution in [0.15, 0.2) is 48.5 Å². The zero-order valence-corrected chi connectivity index (χ0v) is 14.9. The van der Waals surface area contributed by atoms with Crippen molar-refractivity contribution in [1.29, 1.82) is 0 Å². The molecule has 2 aromatic rings. The molecule has 3 amide bonds. The summed E-state index contributed by atoms with van der Waals surface area (Å²) in [5, 5.41) is 17.3. The highest BCUT2D eigenvalue weighted by Gasteiger charge is 2.56. The Balaban J connectivity index is 1.56. The SMILES string of the molecule is Cc1cccc(NC(=O)Nc2cccc(CNC(=O)C3(C(=O)O)CC3)c2)c1. The Kier molecular flexibility index (Phi) is 5.12. The molecular weight excluding hydrogens is 346 g/mol. The van der Waals surface area contributed by atoms with Gasteiger partial charge in [0.05, 0.1) is 0 Å². The lowest BCUT2D eigenvalue weighted by Crippen LogP contribution is -2.36. The third-order valence-corrected chi connectivity index (χ3v) is 4.51. The van der Waals surface area contributed by atoms with Crippen LogP contribution in [0.1, 0.15) is 24.0 Å². The van der Waals surface area contributed by atoms with Gasteiger partial charge in [-0.1, -0.05) is 24.3 Å². The number of nitrogens with one attached hydrogen (secondary N) is 3. The minimum Gasteiger partial charge on any atom is -0.480 e. The monoisotopic (exact) mass is 367 g/mol. The first kappa shape index (κ1) is 18.4. The summed E-state index contributed by atoms with van der Waals surface area (Å²) >= 11 is 0. The van der Waals surface area contributed by atoms with Crippen molar-refractivity contribution in [3.05, 3.63) is 59.7 Å². The third-order valence-electron chi connectivity index (χ3n) is 4.51. The maximum Gasteiger partial charge on any atom is 0.323 e. The van der Waals surface area contributed by atoms with Crippen LogP contribution in [-0.4, -0.2) is 23.0 Å². The molecule has 0 unspecified atom stereocenters. The first-order valence-electron chi connectivity index (χ1n) is 8.64. The number of carbonyl (C=O) groups excluding carboxylic acids is 2. The van der Waals surface area contributed by atoms with Gasteiger partial charge in [-0.2, -0.15) is 0 Å². The first-order valence-corrected chi connectivity index (χ1v) is 8.64. The number of carboxylic acids is 1. The fourth-order valence-corrected chi connectivity index (χ4v) is 2.79. The van der Waals surface area contributed by atoms with Gasteiger partial charge in [-0.05, 0) is 55.2 Å². The number of benzene rings is 2. The predicted molar refractivity (Wildman–Crippen MR) is 101 cm³/mol. The number of urea groups is 1. The van der Waals surface area contributed by atoms with Crippen molar-refractivity contribution in [2.75, 3.05) is 10.6 Å². The molecule has 27 heavy (non-hydrogen) atoms. The molecule has 0 heterocycles. The fourth-order valence-electron chi connectivity index (χ4n) is 2.79. The molecule has 0 aromatic heterocycles. The molecule has 0 aliphatic heterocycles. The van der Waals surface area contributed by atoms with Crippen LogP contribution in [-0.2, 0) is 16.1 Å². The molecule has 3 rings (SSSR count). The lowest BCUT2D eigenvalue weighted by Gasteiger charge is -2.12. The Hall–Kier alpha value is -3.35. The summed E-state index contributed by atoms with van der Waals surface area (Å²) in [6.45, 7) is 2.14. The molecule has 1 aliphatic rings. The van der Waals surface area contributed by atoms with E-state index in [1.165, 1.54) is 0 Å². The van der Waals surface area contributed by atoms with Gasteiger partial charge in [0.25, 0.3) is 0 Å². The van der Waals surface area contributed by atoms with Crippen LogP contribution in [0, 0.1) is 12.3 Å². The summed E-state index contributed by atoms with van der Waals surface area (Å²) in [7, 11) is 0. The van der Waals surface area contributed by atoms with Crippen LogP contribution < -0.4 is 16.0 Å². The second-order valence-corrected chi connectivity index (χ2v) is 6.72. The second kappa shape index (κ2) is 7.49. The largest absolute Gasteiger partial charge is 0.480 e. The molecular formula is C20H21N3O4. The highest BCUT2D eigenvalue weighted by Crippen LogP contribution is 2.46. The highest BCUT2D eigenvalue weighted by atomic mass is 16.4. The Labute approximate surface area is 156 Å². The van der Waals surface area contributed by atoms with Gasteiger partial charge in [0.1, 0.15) is 5.41 Å². The first-order chi connectivity index (χ1) is 12.9. The van der Waals surface area contributed by atoms with Crippen LogP contribution in [0.3, 0.4) is 0 Å². The normalized spacial score (nSPS) is 14.1. The van der Waals surface area contributed by atoms with Crippen molar-refractivity contribution in [3.8, 4) is 0 Å². The molecule has 2 aromatic carbocycles. The molecule has 0 radical (unpaired) electrons. The smallest absolute Gasteiger partial charge is 0.323 e. The number of carbonyl (C=O) groups is 3. The van der Waals surface area contributed by atoms with Gasteiger partial charge in [-0.15, -0.1) is 0 Å². The second-order valence-electron chi connectivity index (χ2n) is 6.72. The van der Waals surface area contributed by atoms with E-state index in [4.69, 9.17) is 5.11 Å². The lowest BCUT2D eigenvalue weighted by atomic mass is 10.1. The zero-order valence-electron chi connectivity index (χ0n) is 14.9. The molecule has 0 bridgehead atoms. The van der Waals surface area contributed by atoms with Gasteiger partial charge >= 0.3 is 12.0 Å². The van der Waals surface area contributed by atoms with E-state index in [9.17, 15) is 14.4 Å². The number of anilines is 2. The molecule has 1 aliphatic carbocycles. The summed E-state index contributed by atoms with van der Waals surface area (Å²) in [6, 6.07) is 14.1. The van der Waals surface area contributed by atoms with Crippen molar-refractivity contribution in [1.82, 2.24) is 5.32 Å². The van der Waals surface area contributed by atoms with Crippen molar-refractivity contribution in [3.63, 3.8) is 0 Å². The number of amides is 3. The van der Waals surface area contributed by atoms with E-state index in [1.807, 2.05) is 25.1 Å². The summed E-state index contributed by atoms with van der Waals surface area (Å²) < 4.78 is 0. The van der Waals surface area contributed by atoms with Crippen LogP contribution in [0.2, 0.25) is 0 Å². The number of hydrogen-bond donors (Lipinski definition) is 4. The third kappa shape index (κ3) is 4.44. The van der Waals surface area contributed by atoms with E-state index >= 15 is 0 Å². The number of hydrogen-bond acceptors (Lipinski definition) is 3. The molecule has 0 saturated heterocycles. The topological polar surface area (TPSA) is 108 Å². The van der Waals surface area contributed by atoms with Crippen molar-refractivity contribution < 1.29 is 19.5 Å². The van der Waals surface area contributed by atoms with Crippen LogP contribution in [0.5, 0.6) is 0 Å². The number of rotatable bonds is 6. The summed E-state index contributed by atoms with van der Waals surface area (Å²) in [4.78, 5) is 35.4. The maximum atomic E-state index is 12.1. The number of aliphatic carboxylic acids is 1. The van der Waals surface area contributed by atoms with Crippen LogP contribution in [0.25, 0.3) is 0 Å². The van der Waals surface area contributed by atoms with Crippen LogP contribution >= 0.6 is 0 Å². The highest BCUT2D eigenvalue weighted by molar-refractivity contribution is 6.04. The Morgan fingerprint density at radius 3 is 2.22 bits per heavy atom. The van der Waals surface area contributed by atoms with Gasteiger partial charge in [0.2, 0.25) is 5.91 Å². The van der Waals surface area contributed by atoms with Crippen LogP contribution in [0.4, 0.5) is 16.2 Å². The quantitative estimate of drug-likeness (QED) is 0.588. The minimum atomic E-state index is -1.26. The Bertz CT molecular complexity index is 890. The van der Waals surface area contributed by atoms with E-state index in [0.29, 0.717) is 24.2 Å². The summed E-state index contributed by atoms with van der Waals surface area (Å²) in [5.41, 5.74) is 1.81. The van der Waals surface area contributed by atoms with Gasteiger partial charge < -0.3 is 21.1 Å². The van der Waals surface area contributed by atoms with Crippen molar-refractivity contribution in [2.24, 2.45) is 5.41 Å². The Morgan fingerprint density at radius 1 is 1.00 bits per heavy atom. The fraction of sp³-hybridized carbons (Fsp3) is 0.250. The van der Waals surface area contributed by atoms with Gasteiger partial charge in [0, 0.05) is 17.9 Å². The molecule has 7 nitrogen and oxygen atoms in total. The number of aryl methyl sites for hydroxylation is 1. The van der Waals surface area contributed by atoms with E-state index < -0.39 is 17.3 Å². The van der Waals surface area contributed by atoms with Crippen molar-refractivity contribution >= 4 is 29.3 Å². The molecule has 140 valence electrons. The standard InChI is InChI=1S/C20H21N3O4/c1-13-4-2-6-15(10-13)22-19(27)23-16-7-3-5-14(11-16)12-21-17(24)20(8-9-20)18(25)26/h2-7,10-11H,8-9,12H2,1H3,(H,21,24)(H,25,26)(H2,22,23,27). The zero-order chi connectivity index (χ0) is 19.4. The Morgan fingerprint density at radius 2 is 1.63 bits per heavy atom. The summed E-state index contributed by atoms with van der Waals surface area (Å²) in [6.07, 6.45) is 0.740. The van der Waals surface area contributed by atoms with E-state index in [0.717, 1.165) is 11.1 Å². The summed E-state index contributed by atoms with van der Waals surface area (Å²) in [5.74, 6) is -1.55. The molecule has 4 N–H and O–H groups in total. The molecule has 1 fully saturated rings. The average molecular weight is 367 g/mol. The van der Waals surface area contributed by atoms with Gasteiger partial charge in [0.15, 0.2) is 0 Å².